The SMILES string of the molecule is Cc1ccc(S(=O)(=O)Cl)cc1.Cc1ccc(S(=O)(=O)N=[N+]=[N-])cc1. The molecule has 0 aromatic heterocycles. The Morgan fingerprint density at radius 3 is 1.54 bits per heavy atom. The number of hydrogen-bond acceptors (Lipinski definition) is 4. The van der Waals surface area contributed by atoms with Crippen molar-refractivity contribution in [2.75, 3.05) is 0 Å². The number of benzene rings is 2. The van der Waals surface area contributed by atoms with Crippen molar-refractivity contribution < 1.29 is 16.8 Å². The normalized spacial score (nSPS) is 11.0. The molecule has 0 N–H and O–H groups in total. The van der Waals surface area contributed by atoms with Gasteiger partial charge in [-0.05, 0) is 43.6 Å². The van der Waals surface area contributed by atoms with Gasteiger partial charge in [-0.15, -0.1) is 0 Å². The maximum absolute atomic E-state index is 11.1. The first kappa shape index (κ1) is 20.0. The summed E-state index contributed by atoms with van der Waals surface area (Å²) in [6, 6.07) is 12.5. The molecule has 2 rings (SSSR count). The van der Waals surface area contributed by atoms with Crippen molar-refractivity contribution in [2.45, 2.75) is 23.6 Å². The van der Waals surface area contributed by atoms with E-state index in [0.717, 1.165) is 11.1 Å². The first-order chi connectivity index (χ1) is 11.1. The minimum atomic E-state index is -3.82. The topological polar surface area (TPSA) is 117 Å². The molecule has 0 heterocycles. The molecule has 2 aromatic carbocycles. The van der Waals surface area contributed by atoms with E-state index in [4.69, 9.17) is 16.2 Å². The van der Waals surface area contributed by atoms with Gasteiger partial charge in [0.2, 0.25) is 0 Å². The van der Waals surface area contributed by atoms with Crippen molar-refractivity contribution >= 4 is 29.8 Å². The lowest BCUT2D eigenvalue weighted by atomic mass is 10.2. The highest BCUT2D eigenvalue weighted by Crippen LogP contribution is 2.14. The van der Waals surface area contributed by atoms with Crippen LogP contribution in [0.2, 0.25) is 0 Å². The second kappa shape index (κ2) is 8.16. The molecule has 10 heteroatoms. The van der Waals surface area contributed by atoms with Crippen LogP contribution in [0.4, 0.5) is 0 Å². The quantitative estimate of drug-likeness (QED) is 0.343. The maximum atomic E-state index is 11.1. The summed E-state index contributed by atoms with van der Waals surface area (Å²) in [5.74, 6) is 0. The van der Waals surface area contributed by atoms with E-state index in [1.54, 1.807) is 24.3 Å². The predicted molar refractivity (Wildman–Crippen MR) is 91.7 cm³/mol. The predicted octanol–water partition coefficient (Wildman–Crippen LogP) is 3.92. The Hall–Kier alpha value is -2.06. The Labute approximate surface area is 145 Å². The van der Waals surface area contributed by atoms with Gasteiger partial charge in [0.15, 0.2) is 0 Å². The number of aryl methyl sites for hydroxylation is 2. The zero-order valence-corrected chi connectivity index (χ0v) is 15.2. The fraction of sp³-hybridized carbons (Fsp3) is 0.143. The third-order valence-corrected chi connectivity index (χ3v) is 5.29. The largest absolute Gasteiger partial charge is 0.264 e. The monoisotopic (exact) mass is 387 g/mol. The summed E-state index contributed by atoms with van der Waals surface area (Å²) in [5.41, 5.74) is 9.95. The van der Waals surface area contributed by atoms with Crippen LogP contribution < -0.4 is 0 Å². The molecule has 0 fully saturated rings. The van der Waals surface area contributed by atoms with E-state index in [9.17, 15) is 16.8 Å². The van der Waals surface area contributed by atoms with Crippen LogP contribution in [0.3, 0.4) is 0 Å². The lowest BCUT2D eigenvalue weighted by Crippen LogP contribution is -1.94. The number of hydrogen-bond donors (Lipinski definition) is 0. The van der Waals surface area contributed by atoms with Crippen molar-refractivity contribution in [1.29, 1.82) is 0 Å². The number of sulfonamides is 1. The van der Waals surface area contributed by atoms with Gasteiger partial charge in [-0.1, -0.05) is 35.4 Å². The molecule has 0 radical (unpaired) electrons. The fourth-order valence-electron chi connectivity index (χ4n) is 1.51. The highest BCUT2D eigenvalue weighted by molar-refractivity contribution is 8.13. The van der Waals surface area contributed by atoms with Gasteiger partial charge in [0.1, 0.15) is 0 Å². The summed E-state index contributed by atoms with van der Waals surface area (Å²) in [6.45, 7) is 3.72. The van der Waals surface area contributed by atoms with Gasteiger partial charge in [0.05, 0.1) is 9.79 Å². The van der Waals surface area contributed by atoms with Gasteiger partial charge in [-0.25, -0.2) is 16.8 Å². The van der Waals surface area contributed by atoms with E-state index in [-0.39, 0.29) is 9.79 Å². The van der Waals surface area contributed by atoms with Gasteiger partial charge in [0, 0.05) is 20.1 Å². The number of rotatable bonds is 3. The second-order valence-electron chi connectivity index (χ2n) is 4.71. The lowest BCUT2D eigenvalue weighted by Gasteiger charge is -1.96. The minimum Gasteiger partial charge on any atom is -0.216 e. The van der Waals surface area contributed by atoms with Crippen molar-refractivity contribution in [3.05, 3.63) is 70.1 Å². The van der Waals surface area contributed by atoms with Gasteiger partial charge in [0.25, 0.3) is 19.1 Å². The van der Waals surface area contributed by atoms with Crippen molar-refractivity contribution in [3.8, 4) is 0 Å². The first-order valence-electron chi connectivity index (χ1n) is 6.45. The summed E-state index contributed by atoms with van der Waals surface area (Å²) in [5, 5.41) is 0. The Bertz CT molecular complexity index is 948. The van der Waals surface area contributed by atoms with Crippen molar-refractivity contribution in [2.24, 2.45) is 4.52 Å². The van der Waals surface area contributed by atoms with E-state index in [0.29, 0.717) is 0 Å². The molecular weight excluding hydrogens is 374 g/mol. The highest BCUT2D eigenvalue weighted by Gasteiger charge is 2.10. The molecule has 0 unspecified atom stereocenters. The Morgan fingerprint density at radius 1 is 0.833 bits per heavy atom. The average Bonchev–Trinajstić information content (AvgIpc) is 2.48. The highest BCUT2D eigenvalue weighted by atomic mass is 35.7. The van der Waals surface area contributed by atoms with E-state index in [2.05, 4.69) is 9.43 Å². The number of nitrogens with zero attached hydrogens (tertiary/aromatic N) is 3. The van der Waals surface area contributed by atoms with Gasteiger partial charge >= 0.3 is 0 Å². The third kappa shape index (κ3) is 6.21. The van der Waals surface area contributed by atoms with Crippen LogP contribution >= 0.6 is 10.7 Å². The number of azide groups is 1. The molecule has 0 saturated carbocycles. The molecule has 2 aromatic rings. The van der Waals surface area contributed by atoms with E-state index >= 15 is 0 Å². The standard InChI is InChI=1S/C7H7ClO2S.C7H7N3O2S/c1-6-2-4-7(5-3-6)11(8,9)10;1-6-2-4-7(5-3-6)13(11,12)10-9-8/h2-5H,1H3;2-5H,1H3. The molecule has 24 heavy (non-hydrogen) atoms. The summed E-state index contributed by atoms with van der Waals surface area (Å²) in [6.07, 6.45) is 0. The van der Waals surface area contributed by atoms with Crippen LogP contribution in [0.15, 0.2) is 62.8 Å². The molecule has 0 aliphatic carbocycles. The molecule has 0 spiro atoms. The van der Waals surface area contributed by atoms with E-state index in [1.165, 1.54) is 24.3 Å². The average molecular weight is 388 g/mol. The van der Waals surface area contributed by atoms with Crippen LogP contribution in [-0.4, -0.2) is 16.8 Å². The molecule has 7 nitrogen and oxygen atoms in total. The van der Waals surface area contributed by atoms with Gasteiger partial charge in [-0.3, -0.25) is 0 Å². The molecule has 0 atom stereocenters. The summed E-state index contributed by atoms with van der Waals surface area (Å²) in [7, 11) is -2.28. The maximum Gasteiger partial charge on any atom is 0.264 e. The summed E-state index contributed by atoms with van der Waals surface area (Å²) in [4.78, 5) is 2.40. The fourth-order valence-corrected chi connectivity index (χ4v) is 2.95. The Morgan fingerprint density at radius 2 is 1.21 bits per heavy atom. The van der Waals surface area contributed by atoms with Crippen molar-refractivity contribution in [3.63, 3.8) is 0 Å². The number of halogens is 1. The Balaban J connectivity index is 0.000000243. The zero-order chi connectivity index (χ0) is 18.4. The van der Waals surface area contributed by atoms with Gasteiger partial charge in [-0.2, -0.15) is 0 Å². The molecule has 0 bridgehead atoms. The molecule has 128 valence electrons. The van der Waals surface area contributed by atoms with Crippen LogP contribution in [0, 0.1) is 13.8 Å². The molecule has 0 aliphatic rings. The van der Waals surface area contributed by atoms with Gasteiger partial charge < -0.3 is 0 Å². The second-order valence-corrected chi connectivity index (χ2v) is 8.86. The smallest absolute Gasteiger partial charge is 0.216 e. The summed E-state index contributed by atoms with van der Waals surface area (Å²) >= 11 is 0. The first-order valence-corrected chi connectivity index (χ1v) is 10.2. The van der Waals surface area contributed by atoms with Crippen molar-refractivity contribution in [1.82, 2.24) is 0 Å². The lowest BCUT2D eigenvalue weighted by molar-refractivity contribution is 0.597. The van der Waals surface area contributed by atoms with E-state index in [1.807, 2.05) is 13.8 Å². The van der Waals surface area contributed by atoms with Crippen LogP contribution in [0.5, 0.6) is 0 Å². The Kier molecular flexibility index (Phi) is 6.80. The minimum absolute atomic E-state index is 0.0101. The molecule has 0 saturated heterocycles. The van der Waals surface area contributed by atoms with E-state index < -0.39 is 19.1 Å². The van der Waals surface area contributed by atoms with Crippen LogP contribution in [0.1, 0.15) is 11.1 Å². The zero-order valence-electron chi connectivity index (χ0n) is 12.8. The summed E-state index contributed by atoms with van der Waals surface area (Å²) < 4.78 is 46.4. The molecule has 0 aliphatic heterocycles. The molecular formula is C14H14ClN3O4S2. The van der Waals surface area contributed by atoms with Crippen LogP contribution in [-0.2, 0) is 19.1 Å². The molecule has 0 amide bonds. The third-order valence-electron chi connectivity index (χ3n) is 2.77. The van der Waals surface area contributed by atoms with Crippen LogP contribution in [0.25, 0.3) is 10.4 Å².